The molecule has 0 aliphatic carbocycles. The third kappa shape index (κ3) is 3.94. The minimum Gasteiger partial charge on any atom is -0.462 e. The number of fused-ring (bicyclic) bond motifs is 1. The molecule has 1 N–H and O–H groups in total. The molecule has 1 aromatic carbocycles. The molecule has 2 heterocycles. The largest absolute Gasteiger partial charge is 0.462 e. The zero-order valence-corrected chi connectivity index (χ0v) is 17.4. The quantitative estimate of drug-likeness (QED) is 0.794. The second-order valence-corrected chi connectivity index (χ2v) is 8.00. The SMILES string of the molecule is CCOC(=O)c1c(NC(=O)c2cc(C)ccc2C)sc2c1CCN(C(C)=O)C2. The topological polar surface area (TPSA) is 75.7 Å². The maximum absolute atomic E-state index is 12.9. The highest BCUT2D eigenvalue weighted by molar-refractivity contribution is 7.17. The molecule has 2 amide bonds. The molecule has 7 heteroatoms. The molecular weight excluding hydrogens is 376 g/mol. The van der Waals surface area contributed by atoms with Crippen molar-refractivity contribution in [3.8, 4) is 0 Å². The maximum Gasteiger partial charge on any atom is 0.341 e. The molecule has 0 atom stereocenters. The molecule has 28 heavy (non-hydrogen) atoms. The Bertz CT molecular complexity index is 948. The van der Waals surface area contributed by atoms with Crippen molar-refractivity contribution >= 4 is 34.1 Å². The zero-order valence-electron chi connectivity index (χ0n) is 16.5. The van der Waals surface area contributed by atoms with Crippen molar-refractivity contribution in [2.45, 2.75) is 40.7 Å². The lowest BCUT2D eigenvalue weighted by Crippen LogP contribution is -2.34. The van der Waals surface area contributed by atoms with Gasteiger partial charge in [-0.05, 0) is 44.4 Å². The molecule has 0 saturated heterocycles. The first-order chi connectivity index (χ1) is 13.3. The van der Waals surface area contributed by atoms with Crippen LogP contribution in [0, 0.1) is 13.8 Å². The van der Waals surface area contributed by atoms with E-state index in [4.69, 9.17) is 4.74 Å². The summed E-state index contributed by atoms with van der Waals surface area (Å²) in [4.78, 5) is 39.9. The lowest BCUT2D eigenvalue weighted by atomic mass is 10.0. The average molecular weight is 401 g/mol. The summed E-state index contributed by atoms with van der Waals surface area (Å²) in [7, 11) is 0. The van der Waals surface area contributed by atoms with Crippen LogP contribution < -0.4 is 5.32 Å². The summed E-state index contributed by atoms with van der Waals surface area (Å²) < 4.78 is 5.23. The molecule has 0 fully saturated rings. The number of carbonyl (C=O) groups is 3. The van der Waals surface area contributed by atoms with E-state index in [0.29, 0.717) is 35.6 Å². The van der Waals surface area contributed by atoms with Crippen LogP contribution in [0.25, 0.3) is 0 Å². The van der Waals surface area contributed by atoms with Crippen molar-refractivity contribution in [1.29, 1.82) is 0 Å². The van der Waals surface area contributed by atoms with Crippen LogP contribution in [-0.4, -0.2) is 35.8 Å². The van der Waals surface area contributed by atoms with Gasteiger partial charge in [-0.3, -0.25) is 9.59 Å². The summed E-state index contributed by atoms with van der Waals surface area (Å²) in [5.74, 6) is -0.695. The number of nitrogens with one attached hydrogen (secondary N) is 1. The number of hydrogen-bond donors (Lipinski definition) is 1. The van der Waals surface area contributed by atoms with E-state index in [-0.39, 0.29) is 18.4 Å². The van der Waals surface area contributed by atoms with Crippen LogP contribution in [0.2, 0.25) is 0 Å². The minimum absolute atomic E-state index is 0.00212. The first-order valence-corrected chi connectivity index (χ1v) is 10.1. The van der Waals surface area contributed by atoms with Crippen LogP contribution in [0.15, 0.2) is 18.2 Å². The zero-order chi connectivity index (χ0) is 20.4. The molecule has 2 aromatic rings. The fraction of sp³-hybridized carbons (Fsp3) is 0.381. The van der Waals surface area contributed by atoms with Crippen LogP contribution in [-0.2, 0) is 22.5 Å². The van der Waals surface area contributed by atoms with Crippen LogP contribution in [0.1, 0.15) is 56.1 Å². The molecule has 1 aromatic heterocycles. The van der Waals surface area contributed by atoms with Gasteiger partial charge in [0, 0.05) is 23.9 Å². The number of rotatable bonds is 4. The Labute approximate surface area is 168 Å². The van der Waals surface area contributed by atoms with E-state index in [2.05, 4.69) is 5.32 Å². The third-order valence-electron chi connectivity index (χ3n) is 4.85. The van der Waals surface area contributed by atoms with Crippen LogP contribution in [0.4, 0.5) is 5.00 Å². The van der Waals surface area contributed by atoms with Crippen molar-refractivity contribution in [1.82, 2.24) is 4.90 Å². The van der Waals surface area contributed by atoms with E-state index in [1.807, 2.05) is 32.0 Å². The predicted octanol–water partition coefficient (Wildman–Crippen LogP) is 3.70. The molecule has 148 valence electrons. The normalized spacial score (nSPS) is 13.1. The lowest BCUT2D eigenvalue weighted by Gasteiger charge is -2.25. The minimum atomic E-state index is -0.437. The first-order valence-electron chi connectivity index (χ1n) is 9.27. The van der Waals surface area contributed by atoms with E-state index in [0.717, 1.165) is 21.6 Å². The molecule has 0 saturated carbocycles. The number of thiophene rings is 1. The molecule has 3 rings (SSSR count). The highest BCUT2D eigenvalue weighted by Gasteiger charge is 2.30. The number of benzene rings is 1. The third-order valence-corrected chi connectivity index (χ3v) is 5.98. The molecule has 6 nitrogen and oxygen atoms in total. The van der Waals surface area contributed by atoms with Crippen molar-refractivity contribution < 1.29 is 19.1 Å². The highest BCUT2D eigenvalue weighted by atomic mass is 32.1. The maximum atomic E-state index is 12.9. The van der Waals surface area contributed by atoms with Crippen LogP contribution >= 0.6 is 11.3 Å². The Morgan fingerprint density at radius 3 is 2.68 bits per heavy atom. The molecule has 1 aliphatic heterocycles. The van der Waals surface area contributed by atoms with Gasteiger partial charge in [-0.1, -0.05) is 17.7 Å². The van der Waals surface area contributed by atoms with Gasteiger partial charge in [-0.15, -0.1) is 11.3 Å². The summed E-state index contributed by atoms with van der Waals surface area (Å²) in [6, 6.07) is 5.69. The van der Waals surface area contributed by atoms with Crippen molar-refractivity contribution in [3.05, 3.63) is 50.9 Å². The highest BCUT2D eigenvalue weighted by Crippen LogP contribution is 2.38. The first kappa shape index (κ1) is 20.1. The average Bonchev–Trinajstić information content (AvgIpc) is 3.00. The summed E-state index contributed by atoms with van der Waals surface area (Å²) >= 11 is 1.34. The number of esters is 1. The monoisotopic (exact) mass is 400 g/mol. The van der Waals surface area contributed by atoms with Crippen molar-refractivity contribution in [3.63, 3.8) is 0 Å². The summed E-state index contributed by atoms with van der Waals surface area (Å²) in [5.41, 5.74) is 3.72. The van der Waals surface area contributed by atoms with E-state index < -0.39 is 5.97 Å². The lowest BCUT2D eigenvalue weighted by molar-refractivity contribution is -0.129. The number of ether oxygens (including phenoxy) is 1. The Morgan fingerprint density at radius 1 is 1.25 bits per heavy atom. The molecule has 0 bridgehead atoms. The Hall–Kier alpha value is -2.67. The fourth-order valence-electron chi connectivity index (χ4n) is 3.33. The predicted molar refractivity (Wildman–Crippen MR) is 109 cm³/mol. The van der Waals surface area contributed by atoms with Gasteiger partial charge in [0.2, 0.25) is 5.91 Å². The summed E-state index contributed by atoms with van der Waals surface area (Å²) in [5, 5.41) is 3.40. The Kier molecular flexibility index (Phi) is 5.84. The number of nitrogens with zero attached hydrogens (tertiary/aromatic N) is 1. The molecule has 0 unspecified atom stereocenters. The number of hydrogen-bond acceptors (Lipinski definition) is 5. The van der Waals surface area contributed by atoms with Gasteiger partial charge in [0.1, 0.15) is 5.00 Å². The van der Waals surface area contributed by atoms with Gasteiger partial charge in [0.05, 0.1) is 18.7 Å². The van der Waals surface area contributed by atoms with Gasteiger partial charge in [0.25, 0.3) is 5.91 Å². The molecule has 0 spiro atoms. The Balaban J connectivity index is 1.98. The standard InChI is InChI=1S/C21H24N2O4S/c1-5-27-21(26)18-15-8-9-23(14(4)24)11-17(15)28-20(18)22-19(25)16-10-12(2)6-7-13(16)3/h6-7,10H,5,8-9,11H2,1-4H3,(H,22,25). The number of amides is 2. The van der Waals surface area contributed by atoms with E-state index >= 15 is 0 Å². The van der Waals surface area contributed by atoms with E-state index in [9.17, 15) is 14.4 Å². The van der Waals surface area contributed by atoms with Crippen molar-refractivity contribution in [2.24, 2.45) is 0 Å². The Morgan fingerprint density at radius 2 is 2.00 bits per heavy atom. The number of aryl methyl sites for hydroxylation is 2. The molecule has 0 radical (unpaired) electrons. The van der Waals surface area contributed by atoms with Gasteiger partial charge in [0.15, 0.2) is 0 Å². The molecular formula is C21H24N2O4S. The van der Waals surface area contributed by atoms with Gasteiger partial charge < -0.3 is 15.0 Å². The number of carbonyl (C=O) groups excluding carboxylic acids is 3. The number of anilines is 1. The van der Waals surface area contributed by atoms with Crippen LogP contribution in [0.5, 0.6) is 0 Å². The van der Waals surface area contributed by atoms with E-state index in [1.54, 1.807) is 11.8 Å². The second kappa shape index (κ2) is 8.14. The van der Waals surface area contributed by atoms with E-state index in [1.165, 1.54) is 18.3 Å². The smallest absolute Gasteiger partial charge is 0.341 e. The fourth-order valence-corrected chi connectivity index (χ4v) is 4.58. The van der Waals surface area contributed by atoms with Gasteiger partial charge in [-0.2, -0.15) is 0 Å². The van der Waals surface area contributed by atoms with Gasteiger partial charge in [-0.25, -0.2) is 4.79 Å². The van der Waals surface area contributed by atoms with Gasteiger partial charge >= 0.3 is 5.97 Å². The second-order valence-electron chi connectivity index (χ2n) is 6.89. The summed E-state index contributed by atoms with van der Waals surface area (Å²) in [6.07, 6.45) is 0.568. The molecule has 1 aliphatic rings. The van der Waals surface area contributed by atoms with Crippen LogP contribution in [0.3, 0.4) is 0 Å². The summed E-state index contributed by atoms with van der Waals surface area (Å²) in [6.45, 7) is 8.35. The van der Waals surface area contributed by atoms with Crippen molar-refractivity contribution in [2.75, 3.05) is 18.5 Å².